The summed E-state index contributed by atoms with van der Waals surface area (Å²) in [5.41, 5.74) is 0. The van der Waals surface area contributed by atoms with Crippen LogP contribution in [-0.2, 0) is 0 Å². The standard InChI is InChI=1S/C7H13O/c1-3-5-7(4-2)6-8/h5,7-8H,4,6H2,1-2H3/t7-/m1/s1. The minimum atomic E-state index is 0.247. The first kappa shape index (κ1) is 7.70. The van der Waals surface area contributed by atoms with Crippen LogP contribution in [-0.4, -0.2) is 11.7 Å². The lowest BCUT2D eigenvalue weighted by atomic mass is 10.1. The van der Waals surface area contributed by atoms with Crippen LogP contribution in [0, 0.1) is 12.0 Å². The Labute approximate surface area is 51.0 Å². The highest BCUT2D eigenvalue weighted by Crippen LogP contribution is 2.00. The number of aliphatic hydroxyl groups is 1. The van der Waals surface area contributed by atoms with Crippen LogP contribution >= 0.6 is 0 Å². The third-order valence-electron chi connectivity index (χ3n) is 1.16. The van der Waals surface area contributed by atoms with Crippen molar-refractivity contribution in [2.75, 3.05) is 6.61 Å². The van der Waals surface area contributed by atoms with E-state index in [1.54, 1.807) is 0 Å². The van der Waals surface area contributed by atoms with Crippen molar-refractivity contribution in [2.24, 2.45) is 5.92 Å². The average molecular weight is 113 g/mol. The van der Waals surface area contributed by atoms with Gasteiger partial charge in [0.05, 0.1) is 0 Å². The molecule has 0 unspecified atom stereocenters. The van der Waals surface area contributed by atoms with Crippen molar-refractivity contribution in [3.63, 3.8) is 0 Å². The van der Waals surface area contributed by atoms with Gasteiger partial charge < -0.3 is 5.11 Å². The zero-order valence-corrected chi connectivity index (χ0v) is 5.52. The first-order valence-corrected chi connectivity index (χ1v) is 2.96. The predicted molar refractivity (Wildman–Crippen MR) is 34.4 cm³/mol. The van der Waals surface area contributed by atoms with Crippen LogP contribution in [0.3, 0.4) is 0 Å². The molecule has 1 heteroatoms. The van der Waals surface area contributed by atoms with E-state index in [1.165, 1.54) is 0 Å². The lowest BCUT2D eigenvalue weighted by Crippen LogP contribution is -1.99. The molecule has 0 aromatic heterocycles. The number of hydrogen-bond acceptors (Lipinski definition) is 1. The van der Waals surface area contributed by atoms with Crippen molar-refractivity contribution in [3.8, 4) is 0 Å². The second-order valence-electron chi connectivity index (χ2n) is 1.81. The van der Waals surface area contributed by atoms with E-state index in [1.807, 2.05) is 13.0 Å². The van der Waals surface area contributed by atoms with E-state index in [0.717, 1.165) is 6.42 Å². The molecule has 0 amide bonds. The van der Waals surface area contributed by atoms with Crippen molar-refractivity contribution >= 4 is 0 Å². The second kappa shape index (κ2) is 4.85. The molecule has 0 aromatic rings. The maximum absolute atomic E-state index is 8.59. The molecule has 0 spiro atoms. The van der Waals surface area contributed by atoms with E-state index in [4.69, 9.17) is 5.11 Å². The molecule has 0 aromatic carbocycles. The SMILES string of the molecule is C/[C]=C/[C@@H](CC)CO. The molecule has 1 N–H and O–H groups in total. The van der Waals surface area contributed by atoms with Crippen molar-refractivity contribution in [3.05, 3.63) is 12.2 Å². The zero-order chi connectivity index (χ0) is 6.41. The molecule has 1 nitrogen and oxygen atoms in total. The second-order valence-corrected chi connectivity index (χ2v) is 1.81. The molecular weight excluding hydrogens is 100 g/mol. The van der Waals surface area contributed by atoms with Crippen molar-refractivity contribution in [2.45, 2.75) is 20.3 Å². The molecule has 0 fully saturated rings. The summed E-state index contributed by atoms with van der Waals surface area (Å²) in [4.78, 5) is 0. The van der Waals surface area contributed by atoms with E-state index in [0.29, 0.717) is 5.92 Å². The van der Waals surface area contributed by atoms with Gasteiger partial charge in [0.15, 0.2) is 0 Å². The normalized spacial score (nSPS) is 14.9. The molecule has 0 saturated heterocycles. The summed E-state index contributed by atoms with van der Waals surface area (Å²) in [5.74, 6) is 0.319. The Morgan fingerprint density at radius 2 is 2.38 bits per heavy atom. The Balaban J connectivity index is 3.36. The van der Waals surface area contributed by atoms with E-state index in [2.05, 4.69) is 13.0 Å². The highest BCUT2D eigenvalue weighted by Gasteiger charge is 1.95. The van der Waals surface area contributed by atoms with E-state index >= 15 is 0 Å². The van der Waals surface area contributed by atoms with Crippen molar-refractivity contribution in [1.29, 1.82) is 0 Å². The molecule has 0 bridgehead atoms. The van der Waals surface area contributed by atoms with Crippen molar-refractivity contribution < 1.29 is 5.11 Å². The van der Waals surface area contributed by atoms with Gasteiger partial charge in [-0.05, 0) is 13.3 Å². The van der Waals surface area contributed by atoms with Crippen LogP contribution in [0.4, 0.5) is 0 Å². The van der Waals surface area contributed by atoms with Crippen LogP contribution in [0.5, 0.6) is 0 Å². The fraction of sp³-hybridized carbons (Fsp3) is 0.714. The summed E-state index contributed by atoms with van der Waals surface area (Å²) < 4.78 is 0. The lowest BCUT2D eigenvalue weighted by molar-refractivity contribution is 0.249. The summed E-state index contributed by atoms with van der Waals surface area (Å²) in [6, 6.07) is 0. The first-order valence-electron chi connectivity index (χ1n) is 2.96. The van der Waals surface area contributed by atoms with Crippen molar-refractivity contribution in [1.82, 2.24) is 0 Å². The first-order chi connectivity index (χ1) is 3.85. The van der Waals surface area contributed by atoms with Gasteiger partial charge >= 0.3 is 0 Å². The Morgan fingerprint density at radius 1 is 1.75 bits per heavy atom. The Kier molecular flexibility index (Phi) is 4.67. The summed E-state index contributed by atoms with van der Waals surface area (Å²) in [5, 5.41) is 8.59. The van der Waals surface area contributed by atoms with Gasteiger partial charge in [-0.2, -0.15) is 0 Å². The number of allylic oxidation sites excluding steroid dienone is 1. The molecule has 0 aliphatic heterocycles. The maximum Gasteiger partial charge on any atom is 0.0493 e. The van der Waals surface area contributed by atoms with Gasteiger partial charge in [-0.1, -0.05) is 19.1 Å². The highest BCUT2D eigenvalue weighted by molar-refractivity contribution is 4.78. The van der Waals surface area contributed by atoms with Crippen LogP contribution in [0.15, 0.2) is 6.08 Å². The van der Waals surface area contributed by atoms with Gasteiger partial charge in [0.25, 0.3) is 0 Å². The minimum Gasteiger partial charge on any atom is -0.396 e. The molecule has 0 aliphatic rings. The quantitative estimate of drug-likeness (QED) is 0.586. The largest absolute Gasteiger partial charge is 0.396 e. The number of hydrogen-bond donors (Lipinski definition) is 1. The van der Waals surface area contributed by atoms with Crippen LogP contribution in [0.1, 0.15) is 20.3 Å². The third-order valence-corrected chi connectivity index (χ3v) is 1.16. The predicted octanol–water partition coefficient (Wildman–Crippen LogP) is 1.38. The molecule has 0 aliphatic carbocycles. The van der Waals surface area contributed by atoms with E-state index in [9.17, 15) is 0 Å². The lowest BCUT2D eigenvalue weighted by Gasteiger charge is -2.01. The average Bonchev–Trinajstić information content (AvgIpc) is 1.83. The Morgan fingerprint density at radius 3 is 2.50 bits per heavy atom. The zero-order valence-electron chi connectivity index (χ0n) is 5.52. The molecule has 1 radical (unpaired) electrons. The highest BCUT2D eigenvalue weighted by atomic mass is 16.3. The smallest absolute Gasteiger partial charge is 0.0493 e. The van der Waals surface area contributed by atoms with Crippen LogP contribution in [0.2, 0.25) is 0 Å². The monoisotopic (exact) mass is 113 g/mol. The van der Waals surface area contributed by atoms with Gasteiger partial charge in [0.1, 0.15) is 0 Å². The maximum atomic E-state index is 8.59. The molecular formula is C7H13O. The summed E-state index contributed by atoms with van der Waals surface area (Å²) >= 11 is 0. The fourth-order valence-corrected chi connectivity index (χ4v) is 0.535. The Bertz CT molecular complexity index is 62.8. The molecule has 8 heavy (non-hydrogen) atoms. The molecule has 1 atom stereocenters. The van der Waals surface area contributed by atoms with Gasteiger partial charge in [0.2, 0.25) is 0 Å². The van der Waals surface area contributed by atoms with E-state index < -0.39 is 0 Å². The van der Waals surface area contributed by atoms with Gasteiger partial charge in [0, 0.05) is 12.5 Å². The van der Waals surface area contributed by atoms with Crippen LogP contribution in [0.25, 0.3) is 0 Å². The van der Waals surface area contributed by atoms with Gasteiger partial charge in [-0.25, -0.2) is 0 Å². The molecule has 47 valence electrons. The van der Waals surface area contributed by atoms with Crippen LogP contribution < -0.4 is 0 Å². The topological polar surface area (TPSA) is 20.2 Å². The molecule has 0 saturated carbocycles. The number of aliphatic hydroxyl groups excluding tert-OH is 1. The molecule has 0 heterocycles. The summed E-state index contributed by atoms with van der Waals surface area (Å²) in [6.45, 7) is 4.14. The van der Waals surface area contributed by atoms with Gasteiger partial charge in [-0.15, -0.1) is 0 Å². The number of rotatable bonds is 3. The van der Waals surface area contributed by atoms with Gasteiger partial charge in [-0.3, -0.25) is 0 Å². The Hall–Kier alpha value is -0.300. The van der Waals surface area contributed by atoms with E-state index in [-0.39, 0.29) is 6.61 Å². The molecule has 0 rings (SSSR count). The summed E-state index contributed by atoms with van der Waals surface area (Å²) in [6.07, 6.45) is 5.78. The summed E-state index contributed by atoms with van der Waals surface area (Å²) in [7, 11) is 0. The minimum absolute atomic E-state index is 0.247. The fourth-order valence-electron chi connectivity index (χ4n) is 0.535. The third kappa shape index (κ3) is 2.80.